The number of fused-ring (bicyclic) bond motifs is 1. The van der Waals surface area contributed by atoms with Gasteiger partial charge in [0.25, 0.3) is 0 Å². The van der Waals surface area contributed by atoms with Crippen molar-refractivity contribution in [1.82, 2.24) is 4.98 Å². The van der Waals surface area contributed by atoms with Gasteiger partial charge in [-0.05, 0) is 13.0 Å². The Labute approximate surface area is 73.8 Å². The second-order valence-corrected chi connectivity index (χ2v) is 3.03. The summed E-state index contributed by atoms with van der Waals surface area (Å²) in [6.45, 7) is 1.73. The largest absolute Gasteiger partial charge is 0.477 e. The van der Waals surface area contributed by atoms with E-state index in [0.717, 1.165) is 0 Å². The van der Waals surface area contributed by atoms with Gasteiger partial charge in [0.2, 0.25) is 5.91 Å². The van der Waals surface area contributed by atoms with Crippen molar-refractivity contribution in [2.45, 2.75) is 12.8 Å². The van der Waals surface area contributed by atoms with Gasteiger partial charge in [-0.2, -0.15) is 0 Å². The molecule has 0 unspecified atom stereocenters. The number of carboxylic acids is 1. The van der Waals surface area contributed by atoms with Gasteiger partial charge in [0.05, 0.1) is 17.3 Å². The Balaban J connectivity index is 2.45. The van der Waals surface area contributed by atoms with E-state index in [1.54, 1.807) is 6.92 Å². The van der Waals surface area contributed by atoms with E-state index in [9.17, 15) is 9.59 Å². The van der Waals surface area contributed by atoms with Crippen LogP contribution in [0, 0.1) is 0 Å². The maximum absolute atomic E-state index is 11.1. The van der Waals surface area contributed by atoms with Crippen molar-refractivity contribution in [3.8, 4) is 0 Å². The first kappa shape index (κ1) is 7.85. The summed E-state index contributed by atoms with van der Waals surface area (Å²) in [4.78, 5) is 24.3. The van der Waals surface area contributed by atoms with E-state index in [4.69, 9.17) is 5.11 Å². The van der Waals surface area contributed by atoms with Crippen LogP contribution in [0.3, 0.4) is 0 Å². The van der Waals surface area contributed by atoms with Crippen molar-refractivity contribution < 1.29 is 14.7 Å². The Bertz CT molecular complexity index is 394. The summed E-state index contributed by atoms with van der Waals surface area (Å²) in [5.74, 6) is -1.41. The maximum Gasteiger partial charge on any atom is 0.352 e. The number of aromatic carboxylic acids is 1. The Morgan fingerprint density at radius 1 is 1.62 bits per heavy atom. The lowest BCUT2D eigenvalue weighted by Gasteiger charge is -1.97. The second kappa shape index (κ2) is 2.35. The van der Waals surface area contributed by atoms with E-state index >= 15 is 0 Å². The van der Waals surface area contributed by atoms with Crippen LogP contribution in [0.1, 0.15) is 29.0 Å². The number of hydrogen-bond acceptors (Lipinski definition) is 2. The predicted octanol–water partition coefficient (Wildman–Crippen LogP) is 0.768. The first-order valence-electron chi connectivity index (χ1n) is 3.86. The minimum Gasteiger partial charge on any atom is -0.477 e. The molecule has 1 amide bonds. The van der Waals surface area contributed by atoms with Gasteiger partial charge in [-0.25, -0.2) is 4.79 Å². The molecule has 68 valence electrons. The third-order valence-corrected chi connectivity index (χ3v) is 2.16. The summed E-state index contributed by atoms with van der Waals surface area (Å²) in [7, 11) is 0. The van der Waals surface area contributed by atoms with Gasteiger partial charge in [0, 0.05) is 0 Å². The van der Waals surface area contributed by atoms with E-state index in [-0.39, 0.29) is 17.5 Å². The topological polar surface area (TPSA) is 82.2 Å². The molecule has 5 heteroatoms. The second-order valence-electron chi connectivity index (χ2n) is 3.03. The number of rotatable bonds is 1. The van der Waals surface area contributed by atoms with Gasteiger partial charge in [-0.3, -0.25) is 4.79 Å². The number of aromatic nitrogens is 1. The van der Waals surface area contributed by atoms with Gasteiger partial charge >= 0.3 is 5.97 Å². The van der Waals surface area contributed by atoms with Crippen LogP contribution in [0.25, 0.3) is 0 Å². The summed E-state index contributed by atoms with van der Waals surface area (Å²) in [6.07, 6.45) is 0. The standard InChI is InChI=1S/C8H8N2O3/c1-3-6-4(10-7(3)11)2-5(9-6)8(12)13/h2-3,9H,1H3,(H,10,11)(H,12,13)/t3-/m0/s1. The van der Waals surface area contributed by atoms with Crippen molar-refractivity contribution in [1.29, 1.82) is 0 Å². The lowest BCUT2D eigenvalue weighted by molar-refractivity contribution is -0.116. The minimum atomic E-state index is -1.02. The van der Waals surface area contributed by atoms with Crippen molar-refractivity contribution in [3.05, 3.63) is 17.5 Å². The van der Waals surface area contributed by atoms with E-state index in [2.05, 4.69) is 10.3 Å². The molecular weight excluding hydrogens is 172 g/mol. The summed E-state index contributed by atoms with van der Waals surface area (Å²) >= 11 is 0. The maximum atomic E-state index is 11.1. The van der Waals surface area contributed by atoms with E-state index < -0.39 is 5.97 Å². The van der Waals surface area contributed by atoms with Crippen LogP contribution < -0.4 is 5.32 Å². The molecule has 5 nitrogen and oxygen atoms in total. The van der Waals surface area contributed by atoms with Gasteiger partial charge < -0.3 is 15.4 Å². The first-order valence-corrected chi connectivity index (χ1v) is 3.86. The molecule has 2 heterocycles. The molecule has 13 heavy (non-hydrogen) atoms. The number of amides is 1. The molecule has 1 aromatic heterocycles. The third kappa shape index (κ3) is 1.00. The average Bonchev–Trinajstić information content (AvgIpc) is 2.55. The number of carbonyl (C=O) groups is 2. The van der Waals surface area contributed by atoms with E-state index in [1.807, 2.05) is 0 Å². The smallest absolute Gasteiger partial charge is 0.352 e. The molecule has 0 radical (unpaired) electrons. The fraction of sp³-hybridized carbons (Fsp3) is 0.250. The quantitative estimate of drug-likeness (QED) is 0.596. The highest BCUT2D eigenvalue weighted by molar-refractivity contribution is 6.03. The molecule has 1 atom stereocenters. The summed E-state index contributed by atoms with van der Waals surface area (Å²) < 4.78 is 0. The van der Waals surface area contributed by atoms with Crippen LogP contribution in [0.4, 0.5) is 5.69 Å². The molecule has 0 aromatic carbocycles. The zero-order valence-electron chi connectivity index (χ0n) is 6.92. The first-order chi connectivity index (χ1) is 6.09. The van der Waals surface area contributed by atoms with Gasteiger partial charge in [0.15, 0.2) is 0 Å². The van der Waals surface area contributed by atoms with Gasteiger partial charge in [-0.15, -0.1) is 0 Å². The van der Waals surface area contributed by atoms with Crippen LogP contribution in [-0.2, 0) is 4.79 Å². The fourth-order valence-corrected chi connectivity index (χ4v) is 1.40. The molecule has 0 aliphatic carbocycles. The van der Waals surface area contributed by atoms with Crippen LogP contribution in [0.2, 0.25) is 0 Å². The molecule has 0 spiro atoms. The highest BCUT2D eigenvalue weighted by Gasteiger charge is 2.29. The molecule has 1 aliphatic heterocycles. The number of carbonyl (C=O) groups excluding carboxylic acids is 1. The Morgan fingerprint density at radius 2 is 2.31 bits per heavy atom. The van der Waals surface area contributed by atoms with Crippen molar-refractivity contribution >= 4 is 17.6 Å². The number of hydrogen-bond donors (Lipinski definition) is 3. The molecule has 0 saturated carbocycles. The van der Waals surface area contributed by atoms with Gasteiger partial charge in [-0.1, -0.05) is 0 Å². The number of anilines is 1. The third-order valence-electron chi connectivity index (χ3n) is 2.16. The SMILES string of the molecule is C[C@@H]1C(=O)Nc2cc(C(=O)O)[nH]c21. The summed E-state index contributed by atoms with van der Waals surface area (Å²) in [6, 6.07) is 1.43. The van der Waals surface area contributed by atoms with Crippen molar-refractivity contribution in [2.24, 2.45) is 0 Å². The number of aromatic amines is 1. The predicted molar refractivity (Wildman–Crippen MR) is 44.8 cm³/mol. The molecule has 2 rings (SSSR count). The number of carboxylic acid groups (broad SMARTS) is 1. The minimum absolute atomic E-state index is 0.0989. The van der Waals surface area contributed by atoms with Crippen LogP contribution in [0.5, 0.6) is 0 Å². The van der Waals surface area contributed by atoms with Crippen LogP contribution >= 0.6 is 0 Å². The molecule has 0 bridgehead atoms. The van der Waals surface area contributed by atoms with E-state index in [0.29, 0.717) is 11.4 Å². The highest BCUT2D eigenvalue weighted by Crippen LogP contribution is 2.31. The molecular formula is C8H8N2O3. The normalized spacial score (nSPS) is 19.8. The van der Waals surface area contributed by atoms with Crippen LogP contribution in [-0.4, -0.2) is 22.0 Å². The molecule has 3 N–H and O–H groups in total. The zero-order valence-corrected chi connectivity index (χ0v) is 6.92. The van der Waals surface area contributed by atoms with E-state index in [1.165, 1.54) is 6.07 Å². The number of H-pyrrole nitrogens is 1. The zero-order chi connectivity index (χ0) is 9.59. The summed E-state index contributed by atoms with van der Waals surface area (Å²) in [5, 5.41) is 11.2. The average molecular weight is 180 g/mol. The number of nitrogens with one attached hydrogen (secondary N) is 2. The Kier molecular flexibility index (Phi) is 1.42. The lowest BCUT2D eigenvalue weighted by atomic mass is 10.1. The van der Waals surface area contributed by atoms with Crippen molar-refractivity contribution in [2.75, 3.05) is 5.32 Å². The highest BCUT2D eigenvalue weighted by atomic mass is 16.4. The monoisotopic (exact) mass is 180 g/mol. The molecule has 0 fully saturated rings. The van der Waals surface area contributed by atoms with Crippen LogP contribution in [0.15, 0.2) is 6.07 Å². The summed E-state index contributed by atoms with van der Waals surface area (Å²) in [5.41, 5.74) is 1.34. The molecule has 1 aromatic rings. The Morgan fingerprint density at radius 3 is 2.85 bits per heavy atom. The fourth-order valence-electron chi connectivity index (χ4n) is 1.40. The van der Waals surface area contributed by atoms with Crippen molar-refractivity contribution in [3.63, 3.8) is 0 Å². The molecule has 0 saturated heterocycles. The lowest BCUT2D eigenvalue weighted by Crippen LogP contribution is -2.10. The van der Waals surface area contributed by atoms with Gasteiger partial charge in [0.1, 0.15) is 5.69 Å². The Hall–Kier alpha value is -1.78. The molecule has 1 aliphatic rings.